The molecule has 2 nitrogen and oxygen atoms in total. The zero-order valence-electron chi connectivity index (χ0n) is 9.78. The van der Waals surface area contributed by atoms with Crippen molar-refractivity contribution in [3.63, 3.8) is 0 Å². The summed E-state index contributed by atoms with van der Waals surface area (Å²) >= 11 is 6.05. The molecule has 1 heterocycles. The van der Waals surface area contributed by atoms with Crippen LogP contribution in [0.2, 0.25) is 5.15 Å². The summed E-state index contributed by atoms with van der Waals surface area (Å²) in [6.07, 6.45) is 8.11. The van der Waals surface area contributed by atoms with E-state index in [0.717, 1.165) is 11.4 Å². The monoisotopic (exact) mass is 236 g/mol. The van der Waals surface area contributed by atoms with Crippen molar-refractivity contribution in [2.24, 2.45) is 0 Å². The fourth-order valence-corrected chi connectivity index (χ4v) is 2.22. The maximum Gasteiger partial charge on any atom is 0.131 e. The molecular formula is C13H17ClN2. The summed E-state index contributed by atoms with van der Waals surface area (Å²) in [4.78, 5) is 6.49. The van der Waals surface area contributed by atoms with Gasteiger partial charge in [0.25, 0.3) is 0 Å². The Bertz CT molecular complexity index is 399. The van der Waals surface area contributed by atoms with Gasteiger partial charge in [-0.05, 0) is 31.4 Å². The molecule has 0 amide bonds. The van der Waals surface area contributed by atoms with Crippen molar-refractivity contribution in [1.29, 1.82) is 0 Å². The Kier molecular flexibility index (Phi) is 3.49. The summed E-state index contributed by atoms with van der Waals surface area (Å²) in [7, 11) is 4.04. The molecule has 0 aromatic carbocycles. The number of hydrogen-bond donors (Lipinski definition) is 0. The molecule has 1 atom stereocenters. The van der Waals surface area contributed by atoms with E-state index in [1.165, 1.54) is 19.3 Å². The number of allylic oxidation sites excluding steroid dienone is 2. The van der Waals surface area contributed by atoms with Gasteiger partial charge in [0.2, 0.25) is 0 Å². The maximum absolute atomic E-state index is 6.05. The summed E-state index contributed by atoms with van der Waals surface area (Å²) in [6, 6.07) is 4.03. The van der Waals surface area contributed by atoms with E-state index in [1.54, 1.807) is 0 Å². The van der Waals surface area contributed by atoms with E-state index in [4.69, 9.17) is 11.6 Å². The van der Waals surface area contributed by atoms with Gasteiger partial charge in [0.15, 0.2) is 0 Å². The van der Waals surface area contributed by atoms with Crippen molar-refractivity contribution < 1.29 is 0 Å². The van der Waals surface area contributed by atoms with Crippen molar-refractivity contribution in [1.82, 2.24) is 4.98 Å². The van der Waals surface area contributed by atoms with E-state index in [9.17, 15) is 0 Å². The maximum atomic E-state index is 6.05. The third kappa shape index (κ3) is 2.56. The molecule has 86 valence electrons. The average Bonchev–Trinajstić information content (AvgIpc) is 2.29. The molecule has 3 heteroatoms. The SMILES string of the molecule is CN(C)c1cc(Cl)nc(C2C=CCCC2)c1. The van der Waals surface area contributed by atoms with Gasteiger partial charge in [0.1, 0.15) is 5.15 Å². The van der Waals surface area contributed by atoms with Crippen LogP contribution in [0.5, 0.6) is 0 Å². The molecule has 16 heavy (non-hydrogen) atoms. The Hall–Kier alpha value is -1.02. The lowest BCUT2D eigenvalue weighted by Crippen LogP contribution is -2.11. The molecule has 1 aromatic rings. The lowest BCUT2D eigenvalue weighted by Gasteiger charge is -2.19. The number of aromatic nitrogens is 1. The molecular weight excluding hydrogens is 220 g/mol. The predicted molar refractivity (Wildman–Crippen MR) is 69.3 cm³/mol. The van der Waals surface area contributed by atoms with Crippen LogP contribution in [0.1, 0.15) is 30.9 Å². The summed E-state index contributed by atoms with van der Waals surface area (Å²) in [6.45, 7) is 0. The van der Waals surface area contributed by atoms with Crippen LogP contribution in [0.3, 0.4) is 0 Å². The molecule has 0 bridgehead atoms. The van der Waals surface area contributed by atoms with E-state index < -0.39 is 0 Å². The topological polar surface area (TPSA) is 16.1 Å². The zero-order chi connectivity index (χ0) is 11.5. The molecule has 2 rings (SSSR count). The van der Waals surface area contributed by atoms with Gasteiger partial charge >= 0.3 is 0 Å². The Morgan fingerprint density at radius 1 is 1.38 bits per heavy atom. The largest absolute Gasteiger partial charge is 0.378 e. The molecule has 0 aliphatic heterocycles. The summed E-state index contributed by atoms with van der Waals surface area (Å²) in [5, 5.41) is 0.583. The van der Waals surface area contributed by atoms with E-state index >= 15 is 0 Å². The van der Waals surface area contributed by atoms with Crippen LogP contribution < -0.4 is 4.90 Å². The zero-order valence-corrected chi connectivity index (χ0v) is 10.5. The van der Waals surface area contributed by atoms with Gasteiger partial charge in [-0.15, -0.1) is 0 Å². The number of pyridine rings is 1. The summed E-state index contributed by atoms with van der Waals surface area (Å²) in [5.41, 5.74) is 2.21. The minimum atomic E-state index is 0.436. The van der Waals surface area contributed by atoms with E-state index in [0.29, 0.717) is 11.1 Å². The molecule has 0 N–H and O–H groups in total. The molecule has 0 saturated carbocycles. The number of hydrogen-bond acceptors (Lipinski definition) is 2. The Morgan fingerprint density at radius 3 is 2.81 bits per heavy atom. The summed E-state index contributed by atoms with van der Waals surface area (Å²) < 4.78 is 0. The van der Waals surface area contributed by atoms with Crippen LogP contribution in [-0.2, 0) is 0 Å². The molecule has 1 aliphatic carbocycles. The highest BCUT2D eigenvalue weighted by molar-refractivity contribution is 6.29. The van der Waals surface area contributed by atoms with Crippen molar-refractivity contribution in [2.45, 2.75) is 25.2 Å². The second-order valence-corrected chi connectivity index (χ2v) is 4.82. The van der Waals surface area contributed by atoms with Gasteiger partial charge < -0.3 is 4.90 Å². The number of rotatable bonds is 2. The highest BCUT2D eigenvalue weighted by atomic mass is 35.5. The second-order valence-electron chi connectivity index (χ2n) is 4.43. The first kappa shape index (κ1) is 11.5. The summed E-state index contributed by atoms with van der Waals surface area (Å²) in [5.74, 6) is 0.436. The van der Waals surface area contributed by atoms with Gasteiger partial charge in [-0.25, -0.2) is 4.98 Å². The van der Waals surface area contributed by atoms with E-state index in [2.05, 4.69) is 28.1 Å². The second kappa shape index (κ2) is 4.88. The minimum Gasteiger partial charge on any atom is -0.378 e. The Morgan fingerprint density at radius 2 is 2.19 bits per heavy atom. The molecule has 0 saturated heterocycles. The molecule has 1 unspecified atom stereocenters. The van der Waals surface area contributed by atoms with Crippen LogP contribution >= 0.6 is 11.6 Å². The molecule has 1 aliphatic rings. The van der Waals surface area contributed by atoms with Crippen molar-refractivity contribution in [2.75, 3.05) is 19.0 Å². The Balaban J connectivity index is 2.32. The highest BCUT2D eigenvalue weighted by Crippen LogP contribution is 2.29. The lowest BCUT2D eigenvalue weighted by molar-refractivity contribution is 0.641. The number of halogens is 1. The van der Waals surface area contributed by atoms with Crippen LogP contribution in [-0.4, -0.2) is 19.1 Å². The van der Waals surface area contributed by atoms with Crippen molar-refractivity contribution in [3.05, 3.63) is 35.1 Å². The van der Waals surface area contributed by atoms with Gasteiger partial charge in [0.05, 0.1) is 5.69 Å². The third-order valence-electron chi connectivity index (χ3n) is 2.95. The molecule has 0 spiro atoms. The van der Waals surface area contributed by atoms with Crippen LogP contribution in [0.4, 0.5) is 5.69 Å². The van der Waals surface area contributed by atoms with Crippen LogP contribution in [0.25, 0.3) is 0 Å². The first-order chi connectivity index (χ1) is 7.66. The fourth-order valence-electron chi connectivity index (χ4n) is 2.01. The molecule has 1 aromatic heterocycles. The minimum absolute atomic E-state index is 0.436. The quantitative estimate of drug-likeness (QED) is 0.576. The highest BCUT2D eigenvalue weighted by Gasteiger charge is 2.14. The Labute approximate surface area is 102 Å². The van der Waals surface area contributed by atoms with Gasteiger partial charge in [-0.2, -0.15) is 0 Å². The fraction of sp³-hybridized carbons (Fsp3) is 0.462. The number of nitrogens with zero attached hydrogens (tertiary/aromatic N) is 2. The first-order valence-corrected chi connectivity index (χ1v) is 6.06. The normalized spacial score (nSPS) is 19.8. The van der Waals surface area contributed by atoms with Crippen molar-refractivity contribution in [3.8, 4) is 0 Å². The van der Waals surface area contributed by atoms with Gasteiger partial charge in [-0.3, -0.25) is 0 Å². The van der Waals surface area contributed by atoms with E-state index in [1.807, 2.05) is 20.2 Å². The standard InChI is InChI=1S/C13H17ClN2/c1-16(2)11-8-12(15-13(14)9-11)10-6-4-3-5-7-10/h4,6,8-10H,3,5,7H2,1-2H3. The van der Waals surface area contributed by atoms with Crippen molar-refractivity contribution >= 4 is 17.3 Å². The lowest BCUT2D eigenvalue weighted by atomic mass is 9.92. The van der Waals surface area contributed by atoms with Crippen LogP contribution in [0, 0.1) is 0 Å². The first-order valence-electron chi connectivity index (χ1n) is 5.68. The van der Waals surface area contributed by atoms with E-state index in [-0.39, 0.29) is 0 Å². The van der Waals surface area contributed by atoms with Gasteiger partial charge in [-0.1, -0.05) is 23.8 Å². The predicted octanol–water partition coefficient (Wildman–Crippen LogP) is 3.62. The smallest absolute Gasteiger partial charge is 0.131 e. The molecule has 0 fully saturated rings. The average molecular weight is 237 g/mol. The molecule has 0 radical (unpaired) electrons. The number of anilines is 1. The van der Waals surface area contributed by atoms with Gasteiger partial charge in [0, 0.05) is 25.7 Å². The van der Waals surface area contributed by atoms with Crippen LogP contribution in [0.15, 0.2) is 24.3 Å². The third-order valence-corrected chi connectivity index (χ3v) is 3.14.